The van der Waals surface area contributed by atoms with E-state index < -0.39 is 5.97 Å². The number of aromatic nitrogens is 1. The van der Waals surface area contributed by atoms with Gasteiger partial charge in [-0.3, -0.25) is 0 Å². The Morgan fingerprint density at radius 1 is 1.26 bits per heavy atom. The summed E-state index contributed by atoms with van der Waals surface area (Å²) in [7, 11) is 0. The Labute approximate surface area is 137 Å². The predicted molar refractivity (Wildman–Crippen MR) is 88.5 cm³/mol. The number of halogens is 1. The van der Waals surface area contributed by atoms with Crippen molar-refractivity contribution < 1.29 is 15.0 Å². The van der Waals surface area contributed by atoms with Crippen molar-refractivity contribution in [3.63, 3.8) is 0 Å². The van der Waals surface area contributed by atoms with Gasteiger partial charge in [-0.1, -0.05) is 29.8 Å². The van der Waals surface area contributed by atoms with Crippen LogP contribution in [0.4, 0.5) is 0 Å². The molecule has 3 aromatic rings. The second-order valence-electron chi connectivity index (χ2n) is 5.84. The molecule has 0 fully saturated rings. The van der Waals surface area contributed by atoms with Crippen LogP contribution in [0.1, 0.15) is 33.9 Å². The van der Waals surface area contributed by atoms with Crippen molar-refractivity contribution in [2.75, 3.05) is 0 Å². The van der Waals surface area contributed by atoms with Crippen LogP contribution < -0.4 is 0 Å². The number of nitrogens with zero attached hydrogens (tertiary/aromatic N) is 1. The SMILES string of the molecule is O=C(O)c1ccc2c(c1)CC[C@H]2n1cc2cccc(Cl)c2c1O. The summed E-state index contributed by atoms with van der Waals surface area (Å²) in [6, 6.07) is 10.7. The molecule has 116 valence electrons. The van der Waals surface area contributed by atoms with Gasteiger partial charge in [0.25, 0.3) is 0 Å². The minimum atomic E-state index is -0.919. The fourth-order valence-corrected chi connectivity index (χ4v) is 3.75. The molecular weight excluding hydrogens is 314 g/mol. The van der Waals surface area contributed by atoms with E-state index in [2.05, 4.69) is 0 Å². The second kappa shape index (κ2) is 5.03. The number of fused-ring (bicyclic) bond motifs is 2. The summed E-state index contributed by atoms with van der Waals surface area (Å²) in [5, 5.41) is 21.8. The van der Waals surface area contributed by atoms with Crippen LogP contribution in [0, 0.1) is 0 Å². The van der Waals surface area contributed by atoms with Gasteiger partial charge in [-0.25, -0.2) is 4.79 Å². The molecule has 1 heterocycles. The molecule has 2 aromatic carbocycles. The Balaban J connectivity index is 1.84. The number of aromatic hydroxyl groups is 1. The van der Waals surface area contributed by atoms with Crippen molar-refractivity contribution in [1.82, 2.24) is 4.57 Å². The molecule has 1 aliphatic carbocycles. The highest BCUT2D eigenvalue weighted by Gasteiger charge is 2.27. The molecule has 4 rings (SSSR count). The number of benzene rings is 2. The first-order chi connectivity index (χ1) is 11.1. The van der Waals surface area contributed by atoms with Gasteiger partial charge in [0.05, 0.1) is 22.0 Å². The van der Waals surface area contributed by atoms with Crippen molar-refractivity contribution in [3.05, 3.63) is 64.3 Å². The van der Waals surface area contributed by atoms with Gasteiger partial charge in [-0.15, -0.1) is 0 Å². The van der Waals surface area contributed by atoms with Gasteiger partial charge in [0.15, 0.2) is 0 Å². The molecule has 1 aliphatic rings. The van der Waals surface area contributed by atoms with E-state index in [1.807, 2.05) is 29.0 Å². The molecule has 23 heavy (non-hydrogen) atoms. The fourth-order valence-electron chi connectivity index (χ4n) is 3.48. The maximum absolute atomic E-state index is 11.1. The van der Waals surface area contributed by atoms with Crippen molar-refractivity contribution in [2.45, 2.75) is 18.9 Å². The van der Waals surface area contributed by atoms with Crippen LogP contribution in [-0.2, 0) is 6.42 Å². The molecule has 0 bridgehead atoms. The smallest absolute Gasteiger partial charge is 0.335 e. The van der Waals surface area contributed by atoms with E-state index >= 15 is 0 Å². The largest absolute Gasteiger partial charge is 0.494 e. The molecule has 0 aliphatic heterocycles. The Morgan fingerprint density at radius 3 is 2.83 bits per heavy atom. The number of carboxylic acids is 1. The van der Waals surface area contributed by atoms with Gasteiger partial charge in [-0.05, 0) is 42.2 Å². The first-order valence-corrected chi connectivity index (χ1v) is 7.78. The maximum Gasteiger partial charge on any atom is 0.335 e. The van der Waals surface area contributed by atoms with E-state index in [-0.39, 0.29) is 11.9 Å². The third kappa shape index (κ3) is 2.10. The van der Waals surface area contributed by atoms with Crippen LogP contribution >= 0.6 is 11.6 Å². The van der Waals surface area contributed by atoms with E-state index in [0.717, 1.165) is 29.4 Å². The molecule has 4 nitrogen and oxygen atoms in total. The standard InChI is InChI=1S/C18H14ClNO3/c19-14-3-1-2-12-9-20(17(21)16(12)14)15-7-5-10-8-11(18(22)23)4-6-13(10)15/h1-4,6,8-9,15,21H,5,7H2,(H,22,23)/t15-/m1/s1. The molecule has 0 saturated carbocycles. The highest BCUT2D eigenvalue weighted by molar-refractivity contribution is 6.36. The lowest BCUT2D eigenvalue weighted by Gasteiger charge is -2.15. The Bertz CT molecular complexity index is 945. The van der Waals surface area contributed by atoms with E-state index in [9.17, 15) is 9.90 Å². The van der Waals surface area contributed by atoms with Gasteiger partial charge < -0.3 is 14.8 Å². The van der Waals surface area contributed by atoms with E-state index in [4.69, 9.17) is 16.7 Å². The first kappa shape index (κ1) is 14.2. The van der Waals surface area contributed by atoms with Crippen LogP contribution in [0.2, 0.25) is 5.02 Å². The van der Waals surface area contributed by atoms with Gasteiger partial charge in [0, 0.05) is 11.6 Å². The lowest BCUT2D eigenvalue weighted by Crippen LogP contribution is -2.06. The van der Waals surface area contributed by atoms with Crippen molar-refractivity contribution >= 4 is 28.3 Å². The first-order valence-electron chi connectivity index (χ1n) is 7.40. The number of hydrogen-bond acceptors (Lipinski definition) is 2. The number of aromatic carboxylic acids is 1. The molecule has 0 unspecified atom stereocenters. The highest BCUT2D eigenvalue weighted by Crippen LogP contribution is 2.41. The van der Waals surface area contributed by atoms with E-state index in [1.54, 1.807) is 18.2 Å². The quantitative estimate of drug-likeness (QED) is 0.740. The van der Waals surface area contributed by atoms with Crippen LogP contribution in [0.3, 0.4) is 0 Å². The molecular formula is C18H14ClNO3. The minimum Gasteiger partial charge on any atom is -0.494 e. The summed E-state index contributed by atoms with van der Waals surface area (Å²) in [6.07, 6.45) is 3.52. The molecule has 0 saturated heterocycles. The monoisotopic (exact) mass is 327 g/mol. The molecule has 1 aromatic heterocycles. The van der Waals surface area contributed by atoms with Gasteiger partial charge >= 0.3 is 5.97 Å². The minimum absolute atomic E-state index is 0.00342. The van der Waals surface area contributed by atoms with Crippen molar-refractivity contribution in [1.29, 1.82) is 0 Å². The Kier molecular flexibility index (Phi) is 3.10. The van der Waals surface area contributed by atoms with Crippen LogP contribution in [0.25, 0.3) is 10.8 Å². The average Bonchev–Trinajstić information content (AvgIpc) is 3.08. The topological polar surface area (TPSA) is 62.5 Å². The van der Waals surface area contributed by atoms with Gasteiger partial charge in [-0.2, -0.15) is 0 Å². The van der Waals surface area contributed by atoms with Crippen molar-refractivity contribution in [3.8, 4) is 5.88 Å². The Morgan fingerprint density at radius 2 is 2.09 bits per heavy atom. The summed E-state index contributed by atoms with van der Waals surface area (Å²) in [4.78, 5) is 11.1. The average molecular weight is 328 g/mol. The second-order valence-corrected chi connectivity index (χ2v) is 6.24. The summed E-state index contributed by atoms with van der Waals surface area (Å²) in [5.74, 6) is -0.761. The Hall–Kier alpha value is -2.46. The van der Waals surface area contributed by atoms with Crippen LogP contribution in [0.15, 0.2) is 42.6 Å². The normalized spacial score (nSPS) is 16.7. The summed E-state index contributed by atoms with van der Waals surface area (Å²) in [5.41, 5.74) is 2.38. The zero-order valence-corrected chi connectivity index (χ0v) is 12.9. The summed E-state index contributed by atoms with van der Waals surface area (Å²) in [6.45, 7) is 0. The molecule has 1 atom stereocenters. The third-order valence-corrected chi connectivity index (χ3v) is 4.88. The number of carbonyl (C=O) groups is 1. The number of hydrogen-bond donors (Lipinski definition) is 2. The van der Waals surface area contributed by atoms with Crippen molar-refractivity contribution in [2.24, 2.45) is 0 Å². The van der Waals surface area contributed by atoms with Gasteiger partial charge in [0.2, 0.25) is 5.88 Å². The zero-order chi connectivity index (χ0) is 16.1. The summed E-state index contributed by atoms with van der Waals surface area (Å²) >= 11 is 6.20. The lowest BCUT2D eigenvalue weighted by molar-refractivity contribution is 0.0696. The fraction of sp³-hybridized carbons (Fsp3) is 0.167. The number of aryl methyl sites for hydroxylation is 1. The highest BCUT2D eigenvalue weighted by atomic mass is 35.5. The van der Waals surface area contributed by atoms with Gasteiger partial charge in [0.1, 0.15) is 0 Å². The molecule has 5 heteroatoms. The predicted octanol–water partition coefficient (Wildman–Crippen LogP) is 4.23. The van der Waals surface area contributed by atoms with Crippen LogP contribution in [-0.4, -0.2) is 20.7 Å². The molecule has 0 amide bonds. The number of carboxylic acid groups (broad SMARTS) is 1. The third-order valence-electron chi connectivity index (χ3n) is 4.56. The maximum atomic E-state index is 11.1. The number of rotatable bonds is 2. The molecule has 0 spiro atoms. The molecule has 0 radical (unpaired) electrons. The molecule has 2 N–H and O–H groups in total. The van der Waals surface area contributed by atoms with E-state index in [0.29, 0.717) is 16.0 Å². The lowest BCUT2D eigenvalue weighted by atomic mass is 10.0. The van der Waals surface area contributed by atoms with E-state index in [1.165, 1.54) is 0 Å². The van der Waals surface area contributed by atoms with Crippen LogP contribution in [0.5, 0.6) is 5.88 Å². The zero-order valence-electron chi connectivity index (χ0n) is 12.2. The summed E-state index contributed by atoms with van der Waals surface area (Å²) < 4.78 is 1.84.